The molecule has 3 aromatic rings. The molecule has 1 amide bonds. The van der Waals surface area contributed by atoms with Crippen LogP contribution in [0.5, 0.6) is 0 Å². The Hall–Kier alpha value is -2.28. The predicted molar refractivity (Wildman–Crippen MR) is 105 cm³/mol. The molecular formula is C17H16FIN4O4. The van der Waals surface area contributed by atoms with Crippen LogP contribution in [0, 0.1) is 9.39 Å². The van der Waals surface area contributed by atoms with E-state index in [1.807, 2.05) is 22.6 Å². The number of nitrogens with one attached hydrogen (secondary N) is 2. The molecule has 0 aliphatic rings. The minimum Gasteiger partial charge on any atom is -0.391 e. The lowest BCUT2D eigenvalue weighted by molar-refractivity contribution is -0.154. The number of fused-ring (bicyclic) bond motifs is 1. The second kappa shape index (κ2) is 8.17. The summed E-state index contributed by atoms with van der Waals surface area (Å²) < 4.78 is 16.6. The van der Waals surface area contributed by atoms with E-state index < -0.39 is 24.6 Å². The number of aromatic nitrogens is 2. The predicted octanol–water partition coefficient (Wildman–Crippen LogP) is 2.03. The summed E-state index contributed by atoms with van der Waals surface area (Å²) in [6.07, 6.45) is 0.0118. The van der Waals surface area contributed by atoms with E-state index in [2.05, 4.69) is 20.6 Å². The van der Waals surface area contributed by atoms with E-state index in [0.717, 1.165) is 3.57 Å². The highest BCUT2D eigenvalue weighted by Crippen LogP contribution is 2.31. The van der Waals surface area contributed by atoms with Crippen LogP contribution in [-0.2, 0) is 11.9 Å². The van der Waals surface area contributed by atoms with Gasteiger partial charge < -0.3 is 20.1 Å². The number of hydrogen-bond acceptors (Lipinski definition) is 6. The molecule has 0 saturated heterocycles. The molecule has 1 atom stereocenters. The number of aliphatic hydroxyl groups is 2. The van der Waals surface area contributed by atoms with Gasteiger partial charge in [-0.3, -0.25) is 4.79 Å². The van der Waals surface area contributed by atoms with Crippen molar-refractivity contribution in [3.05, 3.63) is 51.5 Å². The van der Waals surface area contributed by atoms with Crippen molar-refractivity contribution in [3.8, 4) is 0 Å². The lowest BCUT2D eigenvalue weighted by Gasteiger charge is -2.13. The standard InChI is InChI=1S/C17H16FIN4O4/c1-23-15-10(3-2-6-20-15)14(17(26)22-27-13(25)8-24)16(23)21-12-5-4-9(19)7-11(12)18/h2-7,13,21,24-25H,8H2,1H3,(H,22,26)/t13-/m1/s1. The first kappa shape index (κ1) is 19.5. The van der Waals surface area contributed by atoms with Crippen LogP contribution in [0.25, 0.3) is 11.0 Å². The molecule has 4 N–H and O–H groups in total. The number of carbonyl (C=O) groups is 1. The second-order valence-electron chi connectivity index (χ2n) is 5.59. The number of halogens is 2. The van der Waals surface area contributed by atoms with Crippen LogP contribution in [0.15, 0.2) is 36.5 Å². The molecule has 0 spiro atoms. The maximum atomic E-state index is 14.3. The molecule has 0 radical (unpaired) electrons. The molecule has 0 aliphatic heterocycles. The molecule has 0 aliphatic carbocycles. The zero-order valence-corrected chi connectivity index (χ0v) is 16.3. The molecule has 0 saturated carbocycles. The van der Waals surface area contributed by atoms with Crippen molar-refractivity contribution in [1.29, 1.82) is 0 Å². The van der Waals surface area contributed by atoms with Crippen LogP contribution in [0.2, 0.25) is 0 Å². The molecule has 1 aromatic carbocycles. The van der Waals surface area contributed by atoms with Crippen molar-refractivity contribution in [2.24, 2.45) is 7.05 Å². The molecule has 0 bridgehead atoms. The fraction of sp³-hybridized carbons (Fsp3) is 0.176. The van der Waals surface area contributed by atoms with E-state index in [-0.39, 0.29) is 11.3 Å². The van der Waals surface area contributed by atoms with E-state index in [4.69, 9.17) is 5.11 Å². The summed E-state index contributed by atoms with van der Waals surface area (Å²) in [4.78, 5) is 21.6. The normalized spacial score (nSPS) is 12.2. The molecule has 2 aromatic heterocycles. The monoisotopic (exact) mass is 486 g/mol. The zero-order chi connectivity index (χ0) is 19.6. The van der Waals surface area contributed by atoms with Crippen molar-refractivity contribution >= 4 is 51.0 Å². The summed E-state index contributed by atoms with van der Waals surface area (Å²) in [5.41, 5.74) is 2.92. The van der Waals surface area contributed by atoms with Gasteiger partial charge in [-0.1, -0.05) is 0 Å². The number of carbonyl (C=O) groups excluding carboxylic acids is 1. The average molecular weight is 486 g/mol. The fourth-order valence-corrected chi connectivity index (χ4v) is 3.02. The van der Waals surface area contributed by atoms with Crippen LogP contribution in [0.1, 0.15) is 10.4 Å². The smallest absolute Gasteiger partial charge is 0.279 e. The average Bonchev–Trinajstić information content (AvgIpc) is 2.94. The Morgan fingerprint density at radius 1 is 1.44 bits per heavy atom. The number of rotatable bonds is 6. The second-order valence-corrected chi connectivity index (χ2v) is 6.84. The third kappa shape index (κ3) is 4.03. The molecule has 3 rings (SSSR count). The van der Waals surface area contributed by atoms with Gasteiger partial charge in [-0.25, -0.2) is 19.7 Å². The van der Waals surface area contributed by atoms with Gasteiger partial charge in [0, 0.05) is 22.2 Å². The van der Waals surface area contributed by atoms with E-state index in [9.17, 15) is 14.3 Å². The summed E-state index contributed by atoms with van der Waals surface area (Å²) in [5.74, 6) is -0.864. The Kier molecular flexibility index (Phi) is 5.89. The van der Waals surface area contributed by atoms with Crippen LogP contribution in [0.3, 0.4) is 0 Å². The number of benzene rings is 1. The summed E-state index contributed by atoms with van der Waals surface area (Å²) in [7, 11) is 1.68. The first-order valence-electron chi connectivity index (χ1n) is 7.82. The maximum Gasteiger partial charge on any atom is 0.279 e. The molecule has 0 fully saturated rings. The van der Waals surface area contributed by atoms with Gasteiger partial charge in [-0.05, 0) is 52.9 Å². The summed E-state index contributed by atoms with van der Waals surface area (Å²) in [6.45, 7) is -0.684. The van der Waals surface area contributed by atoms with Gasteiger partial charge in [-0.15, -0.1) is 0 Å². The van der Waals surface area contributed by atoms with E-state index in [1.165, 1.54) is 6.07 Å². The molecule has 142 valence electrons. The van der Waals surface area contributed by atoms with Gasteiger partial charge in [0.15, 0.2) is 0 Å². The minimum atomic E-state index is -1.56. The number of hydrogen-bond donors (Lipinski definition) is 4. The van der Waals surface area contributed by atoms with Gasteiger partial charge in [-0.2, -0.15) is 0 Å². The van der Waals surface area contributed by atoms with Crippen LogP contribution >= 0.6 is 22.6 Å². The Balaban J connectivity index is 2.05. The first-order valence-corrected chi connectivity index (χ1v) is 8.90. The van der Waals surface area contributed by atoms with E-state index in [0.29, 0.717) is 16.9 Å². The quantitative estimate of drug-likeness (QED) is 0.241. The number of aliphatic hydroxyl groups excluding tert-OH is 2. The van der Waals surface area contributed by atoms with Crippen LogP contribution in [0.4, 0.5) is 15.9 Å². The van der Waals surface area contributed by atoms with Gasteiger partial charge in [0.1, 0.15) is 17.3 Å². The topological polar surface area (TPSA) is 109 Å². The Morgan fingerprint density at radius 3 is 2.93 bits per heavy atom. The van der Waals surface area contributed by atoms with Crippen molar-refractivity contribution < 1.29 is 24.2 Å². The van der Waals surface area contributed by atoms with Crippen LogP contribution < -0.4 is 10.8 Å². The largest absolute Gasteiger partial charge is 0.391 e. The molecular weight excluding hydrogens is 470 g/mol. The summed E-state index contributed by atoms with van der Waals surface area (Å²) in [6, 6.07) is 8.01. The lowest BCUT2D eigenvalue weighted by atomic mass is 10.2. The number of pyridine rings is 1. The number of hydroxylamine groups is 1. The van der Waals surface area contributed by atoms with E-state index in [1.54, 1.807) is 42.1 Å². The molecule has 10 heteroatoms. The van der Waals surface area contributed by atoms with Gasteiger partial charge in [0.25, 0.3) is 5.91 Å². The summed E-state index contributed by atoms with van der Waals surface area (Å²) in [5, 5.41) is 21.5. The van der Waals surface area contributed by atoms with Crippen molar-refractivity contribution in [2.45, 2.75) is 6.29 Å². The number of anilines is 2. The van der Waals surface area contributed by atoms with Gasteiger partial charge in [0.05, 0.1) is 17.9 Å². The highest BCUT2D eigenvalue weighted by Gasteiger charge is 2.23. The van der Waals surface area contributed by atoms with Crippen molar-refractivity contribution in [2.75, 3.05) is 11.9 Å². The fourth-order valence-electron chi connectivity index (χ4n) is 2.57. The first-order chi connectivity index (χ1) is 12.9. The highest BCUT2D eigenvalue weighted by atomic mass is 127. The third-order valence-corrected chi connectivity index (χ3v) is 4.47. The third-order valence-electron chi connectivity index (χ3n) is 3.80. The SMILES string of the molecule is Cn1c(Nc2ccc(I)cc2F)c(C(=O)NO[C@@H](O)CO)c2cccnc21. The number of nitrogens with zero attached hydrogens (tertiary/aromatic N) is 2. The lowest BCUT2D eigenvalue weighted by Crippen LogP contribution is -2.31. The molecule has 27 heavy (non-hydrogen) atoms. The maximum absolute atomic E-state index is 14.3. The molecule has 0 unspecified atom stereocenters. The Morgan fingerprint density at radius 2 is 2.22 bits per heavy atom. The summed E-state index contributed by atoms with van der Waals surface area (Å²) >= 11 is 2.00. The Labute approximate surface area is 167 Å². The van der Waals surface area contributed by atoms with Gasteiger partial charge >= 0.3 is 0 Å². The number of amides is 1. The van der Waals surface area contributed by atoms with Crippen LogP contribution in [-0.4, -0.2) is 38.6 Å². The Bertz CT molecular complexity index is 994. The van der Waals surface area contributed by atoms with Crippen molar-refractivity contribution in [3.63, 3.8) is 0 Å². The zero-order valence-electron chi connectivity index (χ0n) is 14.1. The highest BCUT2D eigenvalue weighted by molar-refractivity contribution is 14.1. The van der Waals surface area contributed by atoms with Crippen molar-refractivity contribution in [1.82, 2.24) is 15.0 Å². The van der Waals surface area contributed by atoms with Gasteiger partial charge in [0.2, 0.25) is 6.29 Å². The van der Waals surface area contributed by atoms with E-state index >= 15 is 0 Å². The number of aryl methyl sites for hydroxylation is 1. The molecule has 8 nitrogen and oxygen atoms in total. The molecule has 2 heterocycles. The minimum absolute atomic E-state index is 0.156.